The largest absolute Gasteiger partial charge is 0.253 e. The SMILES string of the molecule is Cc1cc(Cc2ccc3ccccc3c2)c2ccccc2n1. The molecule has 1 heterocycles. The maximum atomic E-state index is 4.63. The molecule has 0 spiro atoms. The van der Waals surface area contributed by atoms with Crippen LogP contribution in [-0.2, 0) is 6.42 Å². The van der Waals surface area contributed by atoms with Gasteiger partial charge in [-0.05, 0) is 47.4 Å². The van der Waals surface area contributed by atoms with Gasteiger partial charge in [0.15, 0.2) is 0 Å². The molecule has 0 N–H and O–H groups in total. The quantitative estimate of drug-likeness (QED) is 0.487. The van der Waals surface area contributed by atoms with Gasteiger partial charge >= 0.3 is 0 Å². The van der Waals surface area contributed by atoms with Gasteiger partial charge in [0, 0.05) is 11.1 Å². The molecule has 106 valence electrons. The van der Waals surface area contributed by atoms with Gasteiger partial charge in [-0.2, -0.15) is 0 Å². The van der Waals surface area contributed by atoms with Crippen LogP contribution in [0, 0.1) is 6.92 Å². The van der Waals surface area contributed by atoms with Crippen LogP contribution in [0.15, 0.2) is 72.8 Å². The molecule has 3 aromatic carbocycles. The third-order valence-electron chi connectivity index (χ3n) is 4.14. The van der Waals surface area contributed by atoms with Crippen molar-refractivity contribution in [3.8, 4) is 0 Å². The molecule has 0 unspecified atom stereocenters. The van der Waals surface area contributed by atoms with Crippen molar-refractivity contribution in [3.63, 3.8) is 0 Å². The third-order valence-corrected chi connectivity index (χ3v) is 4.14. The summed E-state index contributed by atoms with van der Waals surface area (Å²) in [5.74, 6) is 0. The van der Waals surface area contributed by atoms with Gasteiger partial charge in [-0.25, -0.2) is 0 Å². The lowest BCUT2D eigenvalue weighted by atomic mass is 9.98. The molecule has 0 radical (unpaired) electrons. The minimum absolute atomic E-state index is 0.939. The number of aromatic nitrogens is 1. The molecule has 4 aromatic rings. The molecule has 0 amide bonds. The Morgan fingerprint density at radius 1 is 0.773 bits per heavy atom. The monoisotopic (exact) mass is 283 g/mol. The molecule has 0 saturated carbocycles. The zero-order valence-corrected chi connectivity index (χ0v) is 12.6. The van der Waals surface area contributed by atoms with Gasteiger partial charge in [-0.15, -0.1) is 0 Å². The first-order valence-electron chi connectivity index (χ1n) is 7.62. The van der Waals surface area contributed by atoms with E-state index in [0.717, 1.165) is 17.6 Å². The lowest BCUT2D eigenvalue weighted by molar-refractivity contribution is 1.17. The van der Waals surface area contributed by atoms with Gasteiger partial charge in [0.2, 0.25) is 0 Å². The smallest absolute Gasteiger partial charge is 0.0708 e. The van der Waals surface area contributed by atoms with Crippen molar-refractivity contribution in [1.82, 2.24) is 4.98 Å². The number of hydrogen-bond donors (Lipinski definition) is 0. The average molecular weight is 283 g/mol. The zero-order chi connectivity index (χ0) is 14.9. The van der Waals surface area contributed by atoms with E-state index in [0.29, 0.717) is 0 Å². The minimum atomic E-state index is 0.939. The highest BCUT2D eigenvalue weighted by molar-refractivity contribution is 5.84. The molecule has 4 rings (SSSR count). The van der Waals surface area contributed by atoms with E-state index in [-0.39, 0.29) is 0 Å². The van der Waals surface area contributed by atoms with Crippen molar-refractivity contribution in [1.29, 1.82) is 0 Å². The van der Waals surface area contributed by atoms with E-state index < -0.39 is 0 Å². The minimum Gasteiger partial charge on any atom is -0.253 e. The van der Waals surface area contributed by atoms with Crippen molar-refractivity contribution in [3.05, 3.63) is 89.6 Å². The fraction of sp³-hybridized carbons (Fsp3) is 0.0952. The van der Waals surface area contributed by atoms with E-state index in [1.54, 1.807) is 0 Å². The van der Waals surface area contributed by atoms with E-state index in [1.165, 1.54) is 27.3 Å². The van der Waals surface area contributed by atoms with E-state index in [1.807, 2.05) is 0 Å². The number of benzene rings is 3. The Morgan fingerprint density at radius 2 is 1.55 bits per heavy atom. The maximum Gasteiger partial charge on any atom is 0.0708 e. The number of pyridine rings is 1. The number of fused-ring (bicyclic) bond motifs is 2. The van der Waals surface area contributed by atoms with E-state index >= 15 is 0 Å². The standard InChI is InChI=1S/C21H17N/c1-15-12-19(20-8-4-5-9-21(20)22-15)14-16-10-11-17-6-2-3-7-18(17)13-16/h2-13H,14H2,1H3. The molecule has 0 aliphatic carbocycles. The Bertz CT molecular complexity index is 970. The van der Waals surface area contributed by atoms with E-state index in [4.69, 9.17) is 0 Å². The van der Waals surface area contributed by atoms with Gasteiger partial charge in [-0.3, -0.25) is 4.98 Å². The molecular weight excluding hydrogens is 266 g/mol. The Hall–Kier alpha value is -2.67. The average Bonchev–Trinajstić information content (AvgIpc) is 2.54. The van der Waals surface area contributed by atoms with E-state index in [9.17, 15) is 0 Å². The molecule has 1 aromatic heterocycles. The fourth-order valence-corrected chi connectivity index (χ4v) is 3.11. The first kappa shape index (κ1) is 13.0. The molecule has 22 heavy (non-hydrogen) atoms. The van der Waals surface area contributed by atoms with Gasteiger partial charge in [0.1, 0.15) is 0 Å². The highest BCUT2D eigenvalue weighted by Crippen LogP contribution is 2.23. The van der Waals surface area contributed by atoms with Crippen LogP contribution >= 0.6 is 0 Å². The van der Waals surface area contributed by atoms with Gasteiger partial charge in [0.25, 0.3) is 0 Å². The second kappa shape index (κ2) is 5.27. The molecule has 0 bridgehead atoms. The van der Waals surface area contributed by atoms with Gasteiger partial charge in [-0.1, -0.05) is 60.7 Å². The Kier molecular flexibility index (Phi) is 3.12. The second-order valence-corrected chi connectivity index (χ2v) is 5.80. The summed E-state index contributed by atoms with van der Waals surface area (Å²) in [6.07, 6.45) is 0.939. The molecule has 1 heteroatoms. The summed E-state index contributed by atoms with van der Waals surface area (Å²) in [4.78, 5) is 4.63. The molecular formula is C21H17N. The van der Waals surface area contributed by atoms with Crippen molar-refractivity contribution in [2.75, 3.05) is 0 Å². The summed E-state index contributed by atoms with van der Waals surface area (Å²) < 4.78 is 0. The molecule has 0 aliphatic heterocycles. The van der Waals surface area contributed by atoms with Crippen molar-refractivity contribution < 1.29 is 0 Å². The van der Waals surface area contributed by atoms with Gasteiger partial charge in [0.05, 0.1) is 5.52 Å². The predicted octanol–water partition coefficient (Wildman–Crippen LogP) is 5.29. The van der Waals surface area contributed by atoms with Crippen LogP contribution < -0.4 is 0 Å². The maximum absolute atomic E-state index is 4.63. The summed E-state index contributed by atoms with van der Waals surface area (Å²) in [6, 6.07) is 25.8. The van der Waals surface area contributed by atoms with Crippen LogP contribution in [-0.4, -0.2) is 4.98 Å². The number of hydrogen-bond acceptors (Lipinski definition) is 1. The molecule has 0 aliphatic rings. The Labute approximate surface area is 130 Å². The third kappa shape index (κ3) is 2.35. The number of rotatable bonds is 2. The summed E-state index contributed by atoms with van der Waals surface area (Å²) in [5, 5.41) is 3.85. The highest BCUT2D eigenvalue weighted by atomic mass is 14.7. The van der Waals surface area contributed by atoms with Crippen molar-refractivity contribution in [2.24, 2.45) is 0 Å². The summed E-state index contributed by atoms with van der Waals surface area (Å²) >= 11 is 0. The van der Waals surface area contributed by atoms with Crippen molar-refractivity contribution in [2.45, 2.75) is 13.3 Å². The lowest BCUT2D eigenvalue weighted by Crippen LogP contribution is -1.94. The van der Waals surface area contributed by atoms with E-state index in [2.05, 4.69) is 84.7 Å². The summed E-state index contributed by atoms with van der Waals surface area (Å²) in [5.41, 5.74) is 4.85. The number of para-hydroxylation sites is 1. The number of nitrogens with zero attached hydrogens (tertiary/aromatic N) is 1. The molecule has 0 atom stereocenters. The number of aryl methyl sites for hydroxylation is 1. The normalized spacial score (nSPS) is 11.1. The Morgan fingerprint density at radius 3 is 2.45 bits per heavy atom. The molecule has 0 saturated heterocycles. The summed E-state index contributed by atoms with van der Waals surface area (Å²) in [6.45, 7) is 2.07. The highest BCUT2D eigenvalue weighted by Gasteiger charge is 2.05. The van der Waals surface area contributed by atoms with Crippen LogP contribution in [0.2, 0.25) is 0 Å². The predicted molar refractivity (Wildman–Crippen MR) is 93.2 cm³/mol. The Balaban J connectivity index is 1.82. The van der Waals surface area contributed by atoms with Gasteiger partial charge < -0.3 is 0 Å². The topological polar surface area (TPSA) is 12.9 Å². The fourth-order valence-electron chi connectivity index (χ4n) is 3.11. The second-order valence-electron chi connectivity index (χ2n) is 5.80. The summed E-state index contributed by atoms with van der Waals surface area (Å²) in [7, 11) is 0. The zero-order valence-electron chi connectivity index (χ0n) is 12.6. The van der Waals surface area contributed by atoms with Crippen LogP contribution in [0.3, 0.4) is 0 Å². The van der Waals surface area contributed by atoms with Crippen LogP contribution in [0.1, 0.15) is 16.8 Å². The van der Waals surface area contributed by atoms with Crippen LogP contribution in [0.5, 0.6) is 0 Å². The first-order chi connectivity index (χ1) is 10.8. The first-order valence-corrected chi connectivity index (χ1v) is 7.62. The molecule has 0 fully saturated rings. The lowest BCUT2D eigenvalue weighted by Gasteiger charge is -2.09. The van der Waals surface area contributed by atoms with Crippen LogP contribution in [0.4, 0.5) is 0 Å². The van der Waals surface area contributed by atoms with Crippen molar-refractivity contribution >= 4 is 21.7 Å². The van der Waals surface area contributed by atoms with Crippen LogP contribution in [0.25, 0.3) is 21.7 Å². The molecule has 1 nitrogen and oxygen atoms in total.